The zero-order valence-electron chi connectivity index (χ0n) is 15.4. The summed E-state index contributed by atoms with van der Waals surface area (Å²) < 4.78 is 11.0. The second-order valence-corrected chi connectivity index (χ2v) is 6.70. The number of methoxy groups -OCH3 is 1. The Morgan fingerprint density at radius 2 is 1.78 bits per heavy atom. The second kappa shape index (κ2) is 9.48. The van der Waals surface area contributed by atoms with E-state index in [-0.39, 0.29) is 6.03 Å². The lowest BCUT2D eigenvalue weighted by molar-refractivity contribution is 0.132. The molecule has 0 spiro atoms. The van der Waals surface area contributed by atoms with Gasteiger partial charge in [0.2, 0.25) is 0 Å². The fourth-order valence-electron chi connectivity index (χ4n) is 2.94. The topological polar surface area (TPSA) is 54.0 Å². The van der Waals surface area contributed by atoms with Gasteiger partial charge < -0.3 is 19.7 Å². The maximum Gasteiger partial charge on any atom is 0.322 e. The first kappa shape index (κ1) is 19.3. The summed E-state index contributed by atoms with van der Waals surface area (Å²) in [6.45, 7) is 4.44. The Bertz CT molecular complexity index is 746. The van der Waals surface area contributed by atoms with Crippen molar-refractivity contribution in [1.82, 2.24) is 9.80 Å². The van der Waals surface area contributed by atoms with Gasteiger partial charge in [0.15, 0.2) is 0 Å². The van der Waals surface area contributed by atoms with Crippen LogP contribution in [0, 0.1) is 0 Å². The number of nitrogens with zero attached hydrogens (tertiary/aromatic N) is 2. The Kier molecular flexibility index (Phi) is 6.79. The number of carbonyl (C=O) groups excluding carboxylic acids is 1. The van der Waals surface area contributed by atoms with E-state index in [1.807, 2.05) is 53.4 Å². The molecule has 0 aromatic heterocycles. The minimum Gasteiger partial charge on any atom is -0.495 e. The van der Waals surface area contributed by atoms with Gasteiger partial charge in [-0.05, 0) is 36.4 Å². The molecule has 2 aromatic carbocycles. The van der Waals surface area contributed by atoms with Gasteiger partial charge in [-0.25, -0.2) is 4.79 Å². The summed E-state index contributed by atoms with van der Waals surface area (Å²) in [6, 6.07) is 14.7. The molecule has 27 heavy (non-hydrogen) atoms. The van der Waals surface area contributed by atoms with Crippen molar-refractivity contribution in [3.05, 3.63) is 53.6 Å². The number of para-hydroxylation sites is 2. The number of ether oxygens (including phenoxy) is 2. The molecule has 1 aliphatic rings. The molecule has 0 unspecified atom stereocenters. The van der Waals surface area contributed by atoms with Crippen LogP contribution in [0.5, 0.6) is 11.5 Å². The molecule has 0 saturated carbocycles. The van der Waals surface area contributed by atoms with Gasteiger partial charge in [0.05, 0.1) is 12.8 Å². The highest BCUT2D eigenvalue weighted by molar-refractivity contribution is 6.30. The van der Waals surface area contributed by atoms with E-state index in [1.54, 1.807) is 7.11 Å². The summed E-state index contributed by atoms with van der Waals surface area (Å²) in [5, 5.41) is 3.62. The molecule has 2 aromatic rings. The molecule has 2 amide bonds. The van der Waals surface area contributed by atoms with Crippen molar-refractivity contribution < 1.29 is 14.3 Å². The highest BCUT2D eigenvalue weighted by atomic mass is 35.5. The Morgan fingerprint density at radius 3 is 2.48 bits per heavy atom. The molecule has 6 nitrogen and oxygen atoms in total. The lowest BCUT2D eigenvalue weighted by atomic mass is 10.3. The van der Waals surface area contributed by atoms with E-state index in [2.05, 4.69) is 10.2 Å². The van der Waals surface area contributed by atoms with E-state index in [4.69, 9.17) is 21.1 Å². The van der Waals surface area contributed by atoms with E-state index < -0.39 is 0 Å². The van der Waals surface area contributed by atoms with Crippen molar-refractivity contribution in [2.75, 3.05) is 51.8 Å². The number of carbonyl (C=O) groups is 1. The van der Waals surface area contributed by atoms with Gasteiger partial charge in [0, 0.05) is 37.7 Å². The fourth-order valence-corrected chi connectivity index (χ4v) is 3.07. The average molecular weight is 390 g/mol. The number of halogens is 1. The average Bonchev–Trinajstić information content (AvgIpc) is 2.70. The van der Waals surface area contributed by atoms with Gasteiger partial charge in [-0.1, -0.05) is 23.7 Å². The van der Waals surface area contributed by atoms with Crippen LogP contribution in [0.2, 0.25) is 5.02 Å². The van der Waals surface area contributed by atoms with E-state index in [0.717, 1.165) is 25.4 Å². The second-order valence-electron chi connectivity index (χ2n) is 6.26. The van der Waals surface area contributed by atoms with Crippen LogP contribution < -0.4 is 14.8 Å². The standard InChI is InChI=1S/C20H24ClN3O3/c1-26-19-5-3-2-4-18(19)22-20(25)24-12-10-23(11-13-24)14-15-27-17-8-6-16(21)7-9-17/h2-9H,10-15H2,1H3,(H,22,25). The van der Waals surface area contributed by atoms with E-state index in [9.17, 15) is 4.79 Å². The summed E-state index contributed by atoms with van der Waals surface area (Å²) in [5.74, 6) is 1.47. The minimum absolute atomic E-state index is 0.100. The van der Waals surface area contributed by atoms with Gasteiger partial charge in [-0.2, -0.15) is 0 Å². The maximum absolute atomic E-state index is 12.5. The van der Waals surface area contributed by atoms with E-state index >= 15 is 0 Å². The Morgan fingerprint density at radius 1 is 1.07 bits per heavy atom. The normalized spacial score (nSPS) is 14.7. The zero-order chi connectivity index (χ0) is 19.1. The first-order valence-electron chi connectivity index (χ1n) is 8.95. The summed E-state index contributed by atoms with van der Waals surface area (Å²) in [7, 11) is 1.59. The third-order valence-electron chi connectivity index (χ3n) is 4.50. The van der Waals surface area contributed by atoms with E-state index in [0.29, 0.717) is 36.2 Å². The van der Waals surface area contributed by atoms with Crippen LogP contribution in [0.25, 0.3) is 0 Å². The molecule has 1 N–H and O–H groups in total. The molecule has 7 heteroatoms. The van der Waals surface area contributed by atoms with Crippen LogP contribution in [-0.4, -0.2) is 62.3 Å². The molecule has 0 bridgehead atoms. The van der Waals surface area contributed by atoms with Crippen LogP contribution >= 0.6 is 11.6 Å². The van der Waals surface area contributed by atoms with Gasteiger partial charge in [0.25, 0.3) is 0 Å². The van der Waals surface area contributed by atoms with E-state index in [1.165, 1.54) is 0 Å². The monoisotopic (exact) mass is 389 g/mol. The summed E-state index contributed by atoms with van der Waals surface area (Å²) in [5.41, 5.74) is 0.684. The van der Waals surface area contributed by atoms with Gasteiger partial charge >= 0.3 is 6.03 Å². The van der Waals surface area contributed by atoms with Crippen molar-refractivity contribution in [2.45, 2.75) is 0 Å². The number of urea groups is 1. The molecule has 1 fully saturated rings. The third kappa shape index (κ3) is 5.52. The molecular formula is C20H24ClN3O3. The van der Waals surface area contributed by atoms with Crippen LogP contribution in [0.15, 0.2) is 48.5 Å². The number of rotatable bonds is 6. The van der Waals surface area contributed by atoms with Gasteiger partial charge in [-0.15, -0.1) is 0 Å². The van der Waals surface area contributed by atoms with Crippen molar-refractivity contribution in [3.63, 3.8) is 0 Å². The number of anilines is 1. The summed E-state index contributed by atoms with van der Waals surface area (Å²) in [6.07, 6.45) is 0. The summed E-state index contributed by atoms with van der Waals surface area (Å²) >= 11 is 5.87. The quantitative estimate of drug-likeness (QED) is 0.820. The van der Waals surface area contributed by atoms with Gasteiger partial charge in [-0.3, -0.25) is 4.90 Å². The minimum atomic E-state index is -0.100. The first-order valence-corrected chi connectivity index (χ1v) is 9.33. The number of piperazine rings is 1. The van der Waals surface area contributed by atoms with Crippen LogP contribution in [0.1, 0.15) is 0 Å². The van der Waals surface area contributed by atoms with Crippen LogP contribution in [-0.2, 0) is 0 Å². The molecular weight excluding hydrogens is 366 g/mol. The molecule has 1 heterocycles. The highest BCUT2D eigenvalue weighted by Crippen LogP contribution is 2.23. The lowest BCUT2D eigenvalue weighted by Crippen LogP contribution is -2.50. The largest absolute Gasteiger partial charge is 0.495 e. The molecule has 0 aliphatic carbocycles. The number of nitrogens with one attached hydrogen (secondary N) is 1. The number of benzene rings is 2. The molecule has 0 radical (unpaired) electrons. The number of amides is 2. The first-order chi connectivity index (χ1) is 13.2. The van der Waals surface area contributed by atoms with Crippen molar-refractivity contribution in [2.24, 2.45) is 0 Å². The predicted molar refractivity (Wildman–Crippen MR) is 107 cm³/mol. The third-order valence-corrected chi connectivity index (χ3v) is 4.75. The Labute approximate surface area is 164 Å². The maximum atomic E-state index is 12.5. The van der Waals surface area contributed by atoms with Crippen LogP contribution in [0.3, 0.4) is 0 Å². The van der Waals surface area contributed by atoms with Gasteiger partial charge in [0.1, 0.15) is 18.1 Å². The predicted octanol–water partition coefficient (Wildman–Crippen LogP) is 3.58. The molecule has 0 atom stereocenters. The number of hydrogen-bond acceptors (Lipinski definition) is 4. The van der Waals surface area contributed by atoms with Crippen molar-refractivity contribution in [3.8, 4) is 11.5 Å². The molecule has 144 valence electrons. The summed E-state index contributed by atoms with van der Waals surface area (Å²) in [4.78, 5) is 16.6. The van der Waals surface area contributed by atoms with Crippen molar-refractivity contribution in [1.29, 1.82) is 0 Å². The molecule has 3 rings (SSSR count). The van der Waals surface area contributed by atoms with Crippen LogP contribution in [0.4, 0.5) is 10.5 Å². The highest BCUT2D eigenvalue weighted by Gasteiger charge is 2.21. The smallest absolute Gasteiger partial charge is 0.322 e. The molecule has 1 aliphatic heterocycles. The zero-order valence-corrected chi connectivity index (χ0v) is 16.1. The fraction of sp³-hybridized carbons (Fsp3) is 0.350. The Hall–Kier alpha value is -2.44. The molecule has 1 saturated heterocycles. The number of hydrogen-bond donors (Lipinski definition) is 1. The SMILES string of the molecule is COc1ccccc1NC(=O)N1CCN(CCOc2ccc(Cl)cc2)CC1. The van der Waals surface area contributed by atoms with Crippen molar-refractivity contribution >= 4 is 23.3 Å². The Balaban J connectivity index is 1.40. The lowest BCUT2D eigenvalue weighted by Gasteiger charge is -2.34.